The zero-order chi connectivity index (χ0) is 14.8. The lowest BCUT2D eigenvalue weighted by Crippen LogP contribution is -2.19. The average molecular weight is 288 g/mol. The first-order valence-corrected chi connectivity index (χ1v) is 6.16. The van der Waals surface area contributed by atoms with E-state index < -0.39 is 5.76 Å². The molecule has 0 atom stereocenters. The molecule has 9 nitrogen and oxygen atoms in total. The summed E-state index contributed by atoms with van der Waals surface area (Å²) in [4.78, 5) is 25.5. The highest BCUT2D eigenvalue weighted by Gasteiger charge is 2.08. The maximum atomic E-state index is 11.9. The van der Waals surface area contributed by atoms with Crippen molar-refractivity contribution in [1.29, 1.82) is 0 Å². The zero-order valence-corrected chi connectivity index (χ0v) is 10.9. The van der Waals surface area contributed by atoms with Gasteiger partial charge in [0.05, 0.1) is 17.4 Å². The van der Waals surface area contributed by atoms with Gasteiger partial charge in [0.2, 0.25) is 5.91 Å². The Balaban J connectivity index is 1.71. The number of aromatic amines is 1. The van der Waals surface area contributed by atoms with E-state index in [-0.39, 0.29) is 19.0 Å². The average Bonchev–Trinajstić information content (AvgIpc) is 3.03. The summed E-state index contributed by atoms with van der Waals surface area (Å²) in [6, 6.07) is 4.86. The minimum atomic E-state index is -0.537. The molecule has 0 saturated carbocycles. The van der Waals surface area contributed by atoms with Gasteiger partial charge in [0.25, 0.3) is 0 Å². The fourth-order valence-corrected chi connectivity index (χ4v) is 1.89. The van der Waals surface area contributed by atoms with Crippen molar-refractivity contribution in [2.75, 3.05) is 5.32 Å². The second kappa shape index (κ2) is 5.21. The molecular weight excluding hydrogens is 276 g/mol. The summed E-state index contributed by atoms with van der Waals surface area (Å²) in [5, 5.41) is 10.3. The number of carbonyl (C=O) groups is 1. The van der Waals surface area contributed by atoms with Crippen LogP contribution in [0.1, 0.15) is 5.69 Å². The van der Waals surface area contributed by atoms with E-state index in [9.17, 15) is 9.59 Å². The quantitative estimate of drug-likeness (QED) is 0.609. The van der Waals surface area contributed by atoms with Crippen LogP contribution in [0.4, 0.5) is 5.69 Å². The number of anilines is 1. The number of nitrogens with one attached hydrogen (secondary N) is 2. The SMILES string of the molecule is NCc1cn(CC(=O)Nc2ccc3oc(=O)[nH]c3c2)nn1. The van der Waals surface area contributed by atoms with Crippen molar-refractivity contribution in [2.24, 2.45) is 5.73 Å². The molecule has 0 aliphatic heterocycles. The van der Waals surface area contributed by atoms with Crippen LogP contribution in [0.3, 0.4) is 0 Å². The Bertz CT molecular complexity index is 846. The van der Waals surface area contributed by atoms with Crippen LogP contribution in [0.5, 0.6) is 0 Å². The van der Waals surface area contributed by atoms with Gasteiger partial charge in [-0.05, 0) is 18.2 Å². The molecule has 21 heavy (non-hydrogen) atoms. The van der Waals surface area contributed by atoms with Crippen LogP contribution in [0.25, 0.3) is 11.1 Å². The second-order valence-corrected chi connectivity index (χ2v) is 4.39. The number of nitrogens with zero attached hydrogens (tertiary/aromatic N) is 3. The van der Waals surface area contributed by atoms with E-state index in [0.717, 1.165) is 0 Å². The number of hydrogen-bond acceptors (Lipinski definition) is 6. The molecule has 0 fully saturated rings. The molecule has 3 aromatic rings. The third kappa shape index (κ3) is 2.82. The molecule has 108 valence electrons. The van der Waals surface area contributed by atoms with Crippen LogP contribution in [-0.2, 0) is 17.9 Å². The minimum Gasteiger partial charge on any atom is -0.408 e. The molecule has 0 bridgehead atoms. The van der Waals surface area contributed by atoms with Crippen LogP contribution >= 0.6 is 0 Å². The van der Waals surface area contributed by atoms with Gasteiger partial charge in [-0.3, -0.25) is 9.78 Å². The number of rotatable bonds is 4. The maximum absolute atomic E-state index is 11.9. The summed E-state index contributed by atoms with van der Waals surface area (Å²) in [7, 11) is 0. The van der Waals surface area contributed by atoms with E-state index >= 15 is 0 Å². The van der Waals surface area contributed by atoms with Crippen molar-refractivity contribution in [1.82, 2.24) is 20.0 Å². The van der Waals surface area contributed by atoms with E-state index in [2.05, 4.69) is 20.6 Å². The summed E-state index contributed by atoms with van der Waals surface area (Å²) in [5.41, 5.74) is 7.52. The minimum absolute atomic E-state index is 0.0208. The Morgan fingerprint density at radius 3 is 3.10 bits per heavy atom. The molecule has 0 aliphatic rings. The second-order valence-electron chi connectivity index (χ2n) is 4.39. The number of oxazole rings is 1. The van der Waals surface area contributed by atoms with E-state index in [1.807, 2.05) is 0 Å². The number of aromatic nitrogens is 4. The normalized spacial score (nSPS) is 10.9. The van der Waals surface area contributed by atoms with Gasteiger partial charge in [-0.25, -0.2) is 9.48 Å². The zero-order valence-electron chi connectivity index (χ0n) is 10.9. The maximum Gasteiger partial charge on any atom is 0.417 e. The summed E-state index contributed by atoms with van der Waals surface area (Å²) in [5.74, 6) is -0.806. The summed E-state index contributed by atoms with van der Waals surface area (Å²) in [6.07, 6.45) is 1.61. The number of amides is 1. The van der Waals surface area contributed by atoms with Crippen molar-refractivity contribution in [3.63, 3.8) is 0 Å². The first-order valence-electron chi connectivity index (χ1n) is 6.16. The Kier molecular flexibility index (Phi) is 3.24. The lowest BCUT2D eigenvalue weighted by Gasteiger charge is -2.04. The molecule has 1 aromatic carbocycles. The molecule has 0 spiro atoms. The van der Waals surface area contributed by atoms with Crippen LogP contribution in [0.2, 0.25) is 0 Å². The molecule has 2 heterocycles. The van der Waals surface area contributed by atoms with Crippen LogP contribution < -0.4 is 16.8 Å². The van der Waals surface area contributed by atoms with Gasteiger partial charge in [0.1, 0.15) is 6.54 Å². The van der Waals surface area contributed by atoms with Gasteiger partial charge in [-0.2, -0.15) is 0 Å². The van der Waals surface area contributed by atoms with E-state index in [1.54, 1.807) is 24.4 Å². The number of carbonyl (C=O) groups excluding carboxylic acids is 1. The summed E-state index contributed by atoms with van der Waals surface area (Å²) in [6.45, 7) is 0.291. The highest BCUT2D eigenvalue weighted by Crippen LogP contribution is 2.16. The monoisotopic (exact) mass is 288 g/mol. The molecule has 2 aromatic heterocycles. The predicted octanol–water partition coefficient (Wildman–Crippen LogP) is -0.190. The molecule has 4 N–H and O–H groups in total. The Morgan fingerprint density at radius 1 is 1.48 bits per heavy atom. The van der Waals surface area contributed by atoms with Crippen LogP contribution in [0.15, 0.2) is 33.6 Å². The molecule has 3 rings (SSSR count). The Hall–Kier alpha value is -2.94. The Labute approximate surface area is 117 Å². The van der Waals surface area contributed by atoms with Crippen molar-refractivity contribution < 1.29 is 9.21 Å². The number of fused-ring (bicyclic) bond motifs is 1. The summed E-state index contributed by atoms with van der Waals surface area (Å²) < 4.78 is 6.28. The molecule has 0 aliphatic carbocycles. The van der Waals surface area contributed by atoms with Gasteiger partial charge < -0.3 is 15.5 Å². The number of H-pyrrole nitrogens is 1. The van der Waals surface area contributed by atoms with Crippen LogP contribution in [0, 0.1) is 0 Å². The highest BCUT2D eigenvalue weighted by atomic mass is 16.4. The van der Waals surface area contributed by atoms with E-state index in [1.165, 1.54) is 4.68 Å². The first kappa shape index (κ1) is 13.1. The molecule has 0 radical (unpaired) electrons. The third-order valence-corrected chi connectivity index (χ3v) is 2.80. The standard InChI is InChI=1S/C12H12N6O3/c13-4-8-5-18(17-16-8)6-11(19)14-7-1-2-10-9(3-7)15-12(20)21-10/h1-3,5H,4,6,13H2,(H,14,19)(H,15,20). The van der Waals surface area contributed by atoms with Crippen molar-refractivity contribution >= 4 is 22.7 Å². The van der Waals surface area contributed by atoms with Crippen molar-refractivity contribution in [2.45, 2.75) is 13.1 Å². The van der Waals surface area contributed by atoms with Crippen molar-refractivity contribution in [3.8, 4) is 0 Å². The third-order valence-electron chi connectivity index (χ3n) is 2.80. The predicted molar refractivity (Wildman–Crippen MR) is 73.4 cm³/mol. The van der Waals surface area contributed by atoms with Crippen molar-refractivity contribution in [3.05, 3.63) is 40.6 Å². The lowest BCUT2D eigenvalue weighted by molar-refractivity contribution is -0.116. The topological polar surface area (TPSA) is 132 Å². The first-order chi connectivity index (χ1) is 10.1. The number of hydrogen-bond donors (Lipinski definition) is 3. The van der Waals surface area contributed by atoms with Crippen LogP contribution in [-0.4, -0.2) is 25.9 Å². The fraction of sp³-hybridized carbons (Fsp3) is 0.167. The molecule has 0 unspecified atom stereocenters. The van der Waals surface area contributed by atoms with E-state index in [4.69, 9.17) is 10.2 Å². The van der Waals surface area contributed by atoms with E-state index in [0.29, 0.717) is 22.5 Å². The fourth-order valence-electron chi connectivity index (χ4n) is 1.89. The van der Waals surface area contributed by atoms with Gasteiger partial charge in [0, 0.05) is 12.2 Å². The lowest BCUT2D eigenvalue weighted by atomic mass is 10.3. The molecular formula is C12H12N6O3. The highest BCUT2D eigenvalue weighted by molar-refractivity contribution is 5.92. The molecule has 0 saturated heterocycles. The van der Waals surface area contributed by atoms with Gasteiger partial charge >= 0.3 is 5.76 Å². The molecule has 1 amide bonds. The van der Waals surface area contributed by atoms with Gasteiger partial charge in [-0.1, -0.05) is 5.21 Å². The largest absolute Gasteiger partial charge is 0.417 e. The smallest absolute Gasteiger partial charge is 0.408 e. The van der Waals surface area contributed by atoms with Gasteiger partial charge in [0.15, 0.2) is 5.58 Å². The summed E-state index contributed by atoms with van der Waals surface area (Å²) >= 11 is 0. The molecule has 9 heteroatoms. The Morgan fingerprint density at radius 2 is 2.33 bits per heavy atom. The van der Waals surface area contributed by atoms with Gasteiger partial charge in [-0.15, -0.1) is 5.10 Å². The number of benzene rings is 1. The number of nitrogens with two attached hydrogens (primary N) is 1.